The van der Waals surface area contributed by atoms with Crippen LogP contribution in [0.1, 0.15) is 24.1 Å². The van der Waals surface area contributed by atoms with Crippen LogP contribution in [0.4, 0.5) is 5.69 Å². The van der Waals surface area contributed by atoms with Crippen molar-refractivity contribution in [1.29, 1.82) is 0 Å². The van der Waals surface area contributed by atoms with Gasteiger partial charge in [-0.2, -0.15) is 0 Å². The first-order chi connectivity index (χ1) is 11.9. The Bertz CT molecular complexity index is 706. The minimum atomic E-state index is 0.149. The largest absolute Gasteiger partial charge is 0.341 e. The van der Waals surface area contributed by atoms with E-state index >= 15 is 0 Å². The average molecular weight is 377 g/mol. The minimum absolute atomic E-state index is 0.149. The summed E-state index contributed by atoms with van der Waals surface area (Å²) in [6.07, 6.45) is 3.63. The van der Waals surface area contributed by atoms with Crippen molar-refractivity contribution < 1.29 is 0 Å². The Balaban J connectivity index is 2.18. The fourth-order valence-electron chi connectivity index (χ4n) is 2.52. The molecule has 1 heterocycles. The number of rotatable bonds is 6. The van der Waals surface area contributed by atoms with Gasteiger partial charge in [-0.05, 0) is 81.6 Å². The van der Waals surface area contributed by atoms with Crippen molar-refractivity contribution in [3.05, 3.63) is 58.9 Å². The number of nitrogens with one attached hydrogen (secondary N) is 1. The summed E-state index contributed by atoms with van der Waals surface area (Å²) in [5.41, 5.74) is 3.16. The molecule has 6 heteroatoms. The van der Waals surface area contributed by atoms with Crippen LogP contribution in [0, 0.1) is 6.92 Å². The number of benzene rings is 1. The second-order valence-corrected chi connectivity index (χ2v) is 7.14. The monoisotopic (exact) mass is 376 g/mol. The van der Waals surface area contributed by atoms with Crippen molar-refractivity contribution in [1.82, 2.24) is 14.8 Å². The molecule has 0 amide bonds. The number of anilines is 1. The Kier molecular flexibility index (Phi) is 7.17. The second kappa shape index (κ2) is 9.13. The summed E-state index contributed by atoms with van der Waals surface area (Å²) in [6, 6.07) is 10.1. The van der Waals surface area contributed by atoms with Crippen LogP contribution in [0.3, 0.4) is 0 Å². The number of aromatic nitrogens is 1. The zero-order valence-corrected chi connectivity index (χ0v) is 16.7. The number of hydrogen-bond acceptors (Lipinski definition) is 3. The highest BCUT2D eigenvalue weighted by Gasteiger charge is 2.19. The van der Waals surface area contributed by atoms with Crippen LogP contribution in [0.15, 0.2) is 42.7 Å². The van der Waals surface area contributed by atoms with Gasteiger partial charge in [-0.15, -0.1) is 0 Å². The number of hydrogen-bond donors (Lipinski definition) is 1. The smallest absolute Gasteiger partial charge is 0.173 e. The topological polar surface area (TPSA) is 31.4 Å². The Labute approximate surface area is 160 Å². The third kappa shape index (κ3) is 5.66. The fourth-order valence-corrected chi connectivity index (χ4v) is 3.00. The Morgan fingerprint density at radius 1 is 1.20 bits per heavy atom. The van der Waals surface area contributed by atoms with Gasteiger partial charge in [0.05, 0.1) is 6.04 Å². The van der Waals surface area contributed by atoms with E-state index in [-0.39, 0.29) is 6.04 Å². The predicted octanol–water partition coefficient (Wildman–Crippen LogP) is 4.37. The third-order valence-corrected chi connectivity index (χ3v) is 4.87. The predicted molar refractivity (Wildman–Crippen MR) is 110 cm³/mol. The normalized spacial score (nSPS) is 12.1. The van der Waals surface area contributed by atoms with E-state index < -0.39 is 0 Å². The van der Waals surface area contributed by atoms with E-state index in [2.05, 4.69) is 41.1 Å². The molecule has 2 rings (SSSR count). The molecule has 1 unspecified atom stereocenters. The molecule has 2 aromatic rings. The fraction of sp³-hybridized carbons (Fsp3) is 0.368. The van der Waals surface area contributed by atoms with Gasteiger partial charge in [0.15, 0.2) is 5.11 Å². The molecular weight excluding hydrogens is 352 g/mol. The molecule has 0 saturated heterocycles. The summed E-state index contributed by atoms with van der Waals surface area (Å²) in [7, 11) is 4.13. The van der Waals surface area contributed by atoms with Crippen molar-refractivity contribution in [2.45, 2.75) is 19.9 Å². The van der Waals surface area contributed by atoms with E-state index in [0.717, 1.165) is 29.4 Å². The second-order valence-electron chi connectivity index (χ2n) is 6.35. The van der Waals surface area contributed by atoms with E-state index in [1.165, 1.54) is 5.56 Å². The summed E-state index contributed by atoms with van der Waals surface area (Å²) < 4.78 is 0. The average Bonchev–Trinajstić information content (AvgIpc) is 2.58. The molecule has 0 fully saturated rings. The number of pyridine rings is 1. The molecule has 1 N–H and O–H groups in total. The summed E-state index contributed by atoms with van der Waals surface area (Å²) in [5.74, 6) is 0. The van der Waals surface area contributed by atoms with Crippen LogP contribution < -0.4 is 5.32 Å². The van der Waals surface area contributed by atoms with E-state index in [1.807, 2.05) is 49.6 Å². The van der Waals surface area contributed by atoms with Gasteiger partial charge in [0.2, 0.25) is 0 Å². The van der Waals surface area contributed by atoms with Crippen molar-refractivity contribution in [3.8, 4) is 0 Å². The van der Waals surface area contributed by atoms with Crippen LogP contribution in [-0.2, 0) is 0 Å². The third-order valence-electron chi connectivity index (χ3n) is 4.11. The minimum Gasteiger partial charge on any atom is -0.341 e. The lowest BCUT2D eigenvalue weighted by Crippen LogP contribution is -2.40. The molecule has 0 aliphatic rings. The maximum absolute atomic E-state index is 6.11. The molecule has 0 spiro atoms. The van der Waals surface area contributed by atoms with Crippen molar-refractivity contribution in [3.63, 3.8) is 0 Å². The van der Waals surface area contributed by atoms with Gasteiger partial charge in [0.25, 0.3) is 0 Å². The lowest BCUT2D eigenvalue weighted by Gasteiger charge is -2.33. The Hall–Kier alpha value is -1.69. The van der Waals surface area contributed by atoms with Crippen LogP contribution >= 0.6 is 23.8 Å². The van der Waals surface area contributed by atoms with Crippen molar-refractivity contribution in [2.75, 3.05) is 32.5 Å². The molecule has 0 radical (unpaired) electrons. The first kappa shape index (κ1) is 19.6. The Morgan fingerprint density at radius 2 is 1.88 bits per heavy atom. The van der Waals surface area contributed by atoms with E-state index in [9.17, 15) is 0 Å². The zero-order valence-electron chi connectivity index (χ0n) is 15.2. The van der Waals surface area contributed by atoms with Gasteiger partial charge >= 0.3 is 0 Å². The van der Waals surface area contributed by atoms with Crippen molar-refractivity contribution >= 4 is 34.6 Å². The summed E-state index contributed by atoms with van der Waals surface area (Å²) in [4.78, 5) is 8.46. The molecule has 0 bridgehead atoms. The highest BCUT2D eigenvalue weighted by atomic mass is 35.5. The molecular formula is C19H25ClN4S. The molecule has 1 atom stereocenters. The standard InChI is InChI=1S/C19H25ClN4S/c1-14-13-17(5-6-18(14)20)22-19(25)24(12-11-23(3)4)15(2)16-7-9-21-10-8-16/h5-10,13,15H,11-12H2,1-4H3,(H,22,25). The Morgan fingerprint density at radius 3 is 2.48 bits per heavy atom. The highest BCUT2D eigenvalue weighted by Crippen LogP contribution is 2.23. The number of likely N-dealkylation sites (N-methyl/N-ethyl adjacent to an activating group) is 1. The molecule has 134 valence electrons. The maximum atomic E-state index is 6.11. The van der Waals surface area contributed by atoms with Gasteiger partial charge < -0.3 is 15.1 Å². The summed E-state index contributed by atoms with van der Waals surface area (Å²) >= 11 is 11.8. The van der Waals surface area contributed by atoms with Gasteiger partial charge in [-0.25, -0.2) is 0 Å². The number of halogens is 1. The van der Waals surface area contributed by atoms with Gasteiger partial charge in [0, 0.05) is 36.2 Å². The van der Waals surface area contributed by atoms with Gasteiger partial charge in [-0.1, -0.05) is 11.6 Å². The molecule has 1 aromatic carbocycles. The quantitative estimate of drug-likeness (QED) is 0.757. The first-order valence-corrected chi connectivity index (χ1v) is 9.05. The van der Waals surface area contributed by atoms with E-state index in [0.29, 0.717) is 5.11 Å². The number of aryl methyl sites for hydroxylation is 1. The number of thiocarbonyl (C=S) groups is 1. The SMILES string of the molecule is Cc1cc(NC(=S)N(CCN(C)C)C(C)c2ccncc2)ccc1Cl. The zero-order chi connectivity index (χ0) is 18.4. The van der Waals surface area contributed by atoms with E-state index in [1.54, 1.807) is 0 Å². The summed E-state index contributed by atoms with van der Waals surface area (Å²) in [5, 5.41) is 4.81. The maximum Gasteiger partial charge on any atom is 0.173 e. The molecule has 1 aromatic heterocycles. The molecule has 0 aliphatic carbocycles. The van der Waals surface area contributed by atoms with Gasteiger partial charge in [-0.3, -0.25) is 4.98 Å². The van der Waals surface area contributed by atoms with Crippen LogP contribution in [0.25, 0.3) is 0 Å². The number of nitrogens with zero attached hydrogens (tertiary/aromatic N) is 3. The van der Waals surface area contributed by atoms with Gasteiger partial charge in [0.1, 0.15) is 0 Å². The molecule has 4 nitrogen and oxygen atoms in total. The van der Waals surface area contributed by atoms with Crippen molar-refractivity contribution in [2.24, 2.45) is 0 Å². The summed E-state index contributed by atoms with van der Waals surface area (Å²) in [6.45, 7) is 5.89. The van der Waals surface area contributed by atoms with Crippen LogP contribution in [0.2, 0.25) is 5.02 Å². The lowest BCUT2D eigenvalue weighted by molar-refractivity contribution is 0.289. The molecule has 0 saturated carbocycles. The lowest BCUT2D eigenvalue weighted by atomic mass is 10.1. The first-order valence-electron chi connectivity index (χ1n) is 8.27. The highest BCUT2D eigenvalue weighted by molar-refractivity contribution is 7.80. The van der Waals surface area contributed by atoms with Crippen LogP contribution in [0.5, 0.6) is 0 Å². The van der Waals surface area contributed by atoms with E-state index in [4.69, 9.17) is 23.8 Å². The molecule has 25 heavy (non-hydrogen) atoms. The molecule has 0 aliphatic heterocycles. The van der Waals surface area contributed by atoms with Crippen LogP contribution in [-0.4, -0.2) is 47.1 Å².